The minimum atomic E-state index is -0.286. The monoisotopic (exact) mass is 324 g/mol. The molecule has 1 unspecified atom stereocenters. The molecular formula is C15H21ClN4O2. The summed E-state index contributed by atoms with van der Waals surface area (Å²) in [7, 11) is 1.81. The van der Waals surface area contributed by atoms with Crippen LogP contribution in [-0.2, 0) is 11.2 Å². The predicted octanol–water partition coefficient (Wildman–Crippen LogP) is 1.87. The van der Waals surface area contributed by atoms with Crippen molar-refractivity contribution in [2.24, 2.45) is 0 Å². The Morgan fingerprint density at radius 2 is 2.05 bits per heavy atom. The fraction of sp³-hybridized carbons (Fsp3) is 0.400. The molecule has 0 aliphatic rings. The van der Waals surface area contributed by atoms with E-state index in [2.05, 4.69) is 20.8 Å². The summed E-state index contributed by atoms with van der Waals surface area (Å²) in [4.78, 5) is 16.0. The minimum Gasteiger partial charge on any atom is -0.345 e. The SMILES string of the molecule is CNCCC(=O)NC(C)c1nc(Cc2ccccc2)no1.Cl. The van der Waals surface area contributed by atoms with Crippen molar-refractivity contribution in [3.8, 4) is 0 Å². The van der Waals surface area contributed by atoms with Crippen molar-refractivity contribution in [2.75, 3.05) is 13.6 Å². The van der Waals surface area contributed by atoms with E-state index >= 15 is 0 Å². The number of hydrogen-bond acceptors (Lipinski definition) is 5. The summed E-state index contributed by atoms with van der Waals surface area (Å²) < 4.78 is 5.21. The van der Waals surface area contributed by atoms with E-state index in [1.807, 2.05) is 44.3 Å². The molecule has 0 aliphatic carbocycles. The third kappa shape index (κ3) is 5.46. The van der Waals surface area contributed by atoms with Crippen molar-refractivity contribution in [1.82, 2.24) is 20.8 Å². The molecule has 0 aliphatic heterocycles. The predicted molar refractivity (Wildman–Crippen MR) is 85.9 cm³/mol. The average Bonchev–Trinajstić information content (AvgIpc) is 2.95. The summed E-state index contributed by atoms with van der Waals surface area (Å²) in [6.07, 6.45) is 1.04. The van der Waals surface area contributed by atoms with Gasteiger partial charge in [0.1, 0.15) is 6.04 Å². The Bertz CT molecular complexity index is 574. The van der Waals surface area contributed by atoms with Crippen LogP contribution in [-0.4, -0.2) is 29.6 Å². The molecule has 120 valence electrons. The summed E-state index contributed by atoms with van der Waals surface area (Å²) in [6.45, 7) is 2.47. The second kappa shape index (κ2) is 9.17. The van der Waals surface area contributed by atoms with Crippen LogP contribution in [0.1, 0.15) is 36.7 Å². The van der Waals surface area contributed by atoms with Gasteiger partial charge in [0, 0.05) is 19.4 Å². The zero-order chi connectivity index (χ0) is 15.1. The number of carbonyl (C=O) groups excluding carboxylic acids is 1. The number of aromatic nitrogens is 2. The summed E-state index contributed by atoms with van der Waals surface area (Å²) in [5.74, 6) is 1.01. The first kappa shape index (κ1) is 18.1. The van der Waals surface area contributed by atoms with Crippen molar-refractivity contribution in [3.63, 3.8) is 0 Å². The Kier molecular flexibility index (Phi) is 7.56. The third-order valence-corrected chi connectivity index (χ3v) is 3.04. The van der Waals surface area contributed by atoms with Gasteiger partial charge < -0.3 is 15.2 Å². The van der Waals surface area contributed by atoms with E-state index in [0.717, 1.165) is 5.56 Å². The topological polar surface area (TPSA) is 80.0 Å². The molecule has 2 rings (SSSR count). The first-order valence-electron chi connectivity index (χ1n) is 6.99. The van der Waals surface area contributed by atoms with E-state index in [4.69, 9.17) is 4.52 Å². The average molecular weight is 325 g/mol. The van der Waals surface area contributed by atoms with Crippen LogP contribution in [0.5, 0.6) is 0 Å². The van der Waals surface area contributed by atoms with E-state index in [-0.39, 0.29) is 24.4 Å². The molecule has 1 aromatic carbocycles. The number of rotatable bonds is 7. The number of nitrogens with zero attached hydrogens (tertiary/aromatic N) is 2. The smallest absolute Gasteiger partial charge is 0.248 e. The van der Waals surface area contributed by atoms with Crippen molar-refractivity contribution >= 4 is 18.3 Å². The van der Waals surface area contributed by atoms with Crippen LogP contribution >= 0.6 is 12.4 Å². The Labute approximate surface area is 136 Å². The Balaban J connectivity index is 0.00000242. The van der Waals surface area contributed by atoms with Crippen LogP contribution < -0.4 is 10.6 Å². The first-order valence-corrected chi connectivity index (χ1v) is 6.99. The molecule has 0 spiro atoms. The molecule has 2 aromatic rings. The first-order chi connectivity index (χ1) is 10.2. The van der Waals surface area contributed by atoms with E-state index in [1.165, 1.54) is 0 Å². The van der Waals surface area contributed by atoms with Gasteiger partial charge in [-0.15, -0.1) is 12.4 Å². The number of hydrogen-bond donors (Lipinski definition) is 2. The fourth-order valence-electron chi connectivity index (χ4n) is 1.91. The Morgan fingerprint density at radius 3 is 2.73 bits per heavy atom. The molecule has 7 heteroatoms. The molecule has 0 radical (unpaired) electrons. The molecule has 6 nitrogen and oxygen atoms in total. The highest BCUT2D eigenvalue weighted by molar-refractivity contribution is 5.85. The highest BCUT2D eigenvalue weighted by atomic mass is 35.5. The third-order valence-electron chi connectivity index (χ3n) is 3.04. The van der Waals surface area contributed by atoms with Gasteiger partial charge in [-0.05, 0) is 19.5 Å². The quantitative estimate of drug-likeness (QED) is 0.812. The highest BCUT2D eigenvalue weighted by Gasteiger charge is 2.16. The second-order valence-corrected chi connectivity index (χ2v) is 4.85. The molecule has 2 N–H and O–H groups in total. The van der Waals surface area contributed by atoms with Crippen LogP contribution in [0, 0.1) is 0 Å². The van der Waals surface area contributed by atoms with Gasteiger partial charge >= 0.3 is 0 Å². The number of carbonyl (C=O) groups is 1. The molecule has 1 atom stereocenters. The maximum atomic E-state index is 11.6. The molecule has 0 saturated heterocycles. The van der Waals surface area contributed by atoms with Crippen molar-refractivity contribution in [2.45, 2.75) is 25.8 Å². The van der Waals surface area contributed by atoms with E-state index in [0.29, 0.717) is 31.1 Å². The van der Waals surface area contributed by atoms with Gasteiger partial charge in [0.05, 0.1) is 0 Å². The molecule has 0 bridgehead atoms. The number of nitrogens with one attached hydrogen (secondary N) is 2. The Morgan fingerprint density at radius 1 is 1.32 bits per heavy atom. The van der Waals surface area contributed by atoms with Crippen molar-refractivity contribution in [1.29, 1.82) is 0 Å². The summed E-state index contributed by atoms with van der Waals surface area (Å²) >= 11 is 0. The van der Waals surface area contributed by atoms with Gasteiger partial charge in [-0.2, -0.15) is 4.98 Å². The molecule has 22 heavy (non-hydrogen) atoms. The van der Waals surface area contributed by atoms with Gasteiger partial charge in [0.2, 0.25) is 11.8 Å². The van der Waals surface area contributed by atoms with E-state index in [9.17, 15) is 4.79 Å². The molecule has 1 aromatic heterocycles. The molecule has 1 amide bonds. The number of halogens is 1. The summed E-state index contributed by atoms with van der Waals surface area (Å²) in [5, 5.41) is 9.72. The van der Waals surface area contributed by atoms with Crippen LogP contribution in [0.15, 0.2) is 34.9 Å². The maximum absolute atomic E-state index is 11.6. The van der Waals surface area contributed by atoms with Gasteiger partial charge in [-0.1, -0.05) is 35.5 Å². The van der Waals surface area contributed by atoms with Gasteiger partial charge in [0.15, 0.2) is 5.82 Å². The number of benzene rings is 1. The van der Waals surface area contributed by atoms with Gasteiger partial charge in [-0.25, -0.2) is 0 Å². The van der Waals surface area contributed by atoms with Crippen molar-refractivity contribution in [3.05, 3.63) is 47.6 Å². The van der Waals surface area contributed by atoms with E-state index in [1.54, 1.807) is 0 Å². The molecule has 0 saturated carbocycles. The summed E-state index contributed by atoms with van der Waals surface area (Å²) in [5.41, 5.74) is 1.12. The number of amides is 1. The van der Waals surface area contributed by atoms with Crippen LogP contribution in [0.3, 0.4) is 0 Å². The highest BCUT2D eigenvalue weighted by Crippen LogP contribution is 2.12. The lowest BCUT2D eigenvalue weighted by Crippen LogP contribution is -2.29. The molecule has 1 heterocycles. The second-order valence-electron chi connectivity index (χ2n) is 4.85. The zero-order valence-corrected chi connectivity index (χ0v) is 13.5. The van der Waals surface area contributed by atoms with E-state index < -0.39 is 0 Å². The fourth-order valence-corrected chi connectivity index (χ4v) is 1.91. The van der Waals surface area contributed by atoms with Crippen LogP contribution in [0.4, 0.5) is 0 Å². The van der Waals surface area contributed by atoms with Gasteiger partial charge in [-0.3, -0.25) is 4.79 Å². The largest absolute Gasteiger partial charge is 0.345 e. The van der Waals surface area contributed by atoms with Crippen LogP contribution in [0.2, 0.25) is 0 Å². The minimum absolute atomic E-state index is 0. The van der Waals surface area contributed by atoms with Crippen molar-refractivity contribution < 1.29 is 9.32 Å². The lowest BCUT2D eigenvalue weighted by Gasteiger charge is -2.09. The standard InChI is InChI=1S/C15H20N4O2.ClH/c1-11(17-14(20)8-9-16-2)15-18-13(19-21-15)10-12-6-4-3-5-7-12;/h3-7,11,16H,8-10H2,1-2H3,(H,17,20);1H. The lowest BCUT2D eigenvalue weighted by molar-refractivity contribution is -0.121. The zero-order valence-electron chi connectivity index (χ0n) is 12.7. The van der Waals surface area contributed by atoms with Gasteiger partial charge in [0.25, 0.3) is 0 Å². The summed E-state index contributed by atoms with van der Waals surface area (Å²) in [6, 6.07) is 9.65. The maximum Gasteiger partial charge on any atom is 0.248 e. The normalized spacial score (nSPS) is 11.5. The lowest BCUT2D eigenvalue weighted by atomic mass is 10.1. The van der Waals surface area contributed by atoms with Crippen LogP contribution in [0.25, 0.3) is 0 Å². The Hall–Kier alpha value is -1.92. The molecular weight excluding hydrogens is 304 g/mol. The molecule has 0 fully saturated rings.